The first-order valence-corrected chi connectivity index (χ1v) is 8.50. The van der Waals surface area contributed by atoms with Crippen LogP contribution in [0.2, 0.25) is 0 Å². The van der Waals surface area contributed by atoms with Crippen molar-refractivity contribution in [1.29, 1.82) is 0 Å². The molecule has 26 heavy (non-hydrogen) atoms. The number of carbonyl (C=O) groups excluding carboxylic acids is 2. The number of anilines is 1. The Morgan fingerprint density at radius 2 is 1.73 bits per heavy atom. The number of allylic oxidation sites excluding steroid dienone is 2. The Labute approximate surface area is 149 Å². The highest BCUT2D eigenvalue weighted by atomic mass is 32.2. The van der Waals surface area contributed by atoms with E-state index in [4.69, 9.17) is 9.29 Å². The van der Waals surface area contributed by atoms with Gasteiger partial charge >= 0.3 is 11.9 Å². The summed E-state index contributed by atoms with van der Waals surface area (Å²) in [5, 5.41) is 10.2. The number of ether oxygens (including phenoxy) is 2. The van der Waals surface area contributed by atoms with E-state index in [1.807, 2.05) is 0 Å². The van der Waals surface area contributed by atoms with Crippen LogP contribution >= 0.6 is 0 Å². The summed E-state index contributed by atoms with van der Waals surface area (Å²) in [5.74, 6) is -2.26. The molecule has 1 aliphatic heterocycles. The van der Waals surface area contributed by atoms with Gasteiger partial charge in [-0.15, -0.1) is 0 Å². The predicted molar refractivity (Wildman–Crippen MR) is 89.7 cm³/mol. The first kappa shape index (κ1) is 19.2. The molecule has 0 spiro atoms. The maximum Gasteiger partial charge on any atom is 0.355 e. The molecule has 0 bridgehead atoms. The number of hydrogen-bond acceptors (Lipinski definition) is 8. The smallest absolute Gasteiger partial charge is 0.355 e. The van der Waals surface area contributed by atoms with Gasteiger partial charge in [-0.05, 0) is 24.3 Å². The van der Waals surface area contributed by atoms with E-state index in [0.717, 1.165) is 37.3 Å². The molecule has 1 heterocycles. The standard InChI is InChI=1S/C16H15NO8S/c1-24-15(19)11-5-3-4-8-17(14(11)16(20)25-2)12-7-6-10(9-13(12)18)26(21,22)23/h3-9,18H,1-2H3,(H,21,22,23). The highest BCUT2D eigenvalue weighted by molar-refractivity contribution is 7.85. The van der Waals surface area contributed by atoms with E-state index in [1.165, 1.54) is 24.4 Å². The first-order valence-electron chi connectivity index (χ1n) is 7.06. The van der Waals surface area contributed by atoms with Gasteiger partial charge in [-0.25, -0.2) is 9.59 Å². The van der Waals surface area contributed by atoms with Crippen molar-refractivity contribution in [3.8, 4) is 5.75 Å². The molecular formula is C16H15NO8S. The van der Waals surface area contributed by atoms with Gasteiger partial charge in [0.15, 0.2) is 0 Å². The minimum atomic E-state index is -4.53. The fourth-order valence-corrected chi connectivity index (χ4v) is 2.72. The van der Waals surface area contributed by atoms with Gasteiger partial charge in [-0.3, -0.25) is 4.55 Å². The Balaban J connectivity index is 2.69. The summed E-state index contributed by atoms with van der Waals surface area (Å²) in [6.07, 6.45) is 5.65. The summed E-state index contributed by atoms with van der Waals surface area (Å²) in [6, 6.07) is 3.00. The molecule has 138 valence electrons. The minimum Gasteiger partial charge on any atom is -0.506 e. The van der Waals surface area contributed by atoms with Crippen LogP contribution in [-0.4, -0.2) is 44.2 Å². The zero-order valence-corrected chi connectivity index (χ0v) is 14.6. The lowest BCUT2D eigenvalue weighted by molar-refractivity contribution is -0.139. The number of hydrogen-bond donors (Lipinski definition) is 2. The molecule has 0 saturated heterocycles. The molecule has 0 atom stereocenters. The average Bonchev–Trinajstić information content (AvgIpc) is 2.82. The third kappa shape index (κ3) is 3.76. The summed E-state index contributed by atoms with van der Waals surface area (Å²) in [7, 11) is -2.28. The fraction of sp³-hybridized carbons (Fsp3) is 0.125. The molecule has 0 radical (unpaired) electrons. The highest BCUT2D eigenvalue weighted by Crippen LogP contribution is 2.34. The topological polar surface area (TPSA) is 130 Å². The van der Waals surface area contributed by atoms with Gasteiger partial charge < -0.3 is 19.5 Å². The van der Waals surface area contributed by atoms with Crippen LogP contribution in [0.3, 0.4) is 0 Å². The first-order chi connectivity index (χ1) is 12.2. The van der Waals surface area contributed by atoms with Crippen molar-refractivity contribution in [3.05, 3.63) is 53.9 Å². The number of nitrogens with zero attached hydrogens (tertiary/aromatic N) is 1. The zero-order chi connectivity index (χ0) is 19.5. The van der Waals surface area contributed by atoms with Crippen molar-refractivity contribution in [3.63, 3.8) is 0 Å². The van der Waals surface area contributed by atoms with Crippen molar-refractivity contribution >= 4 is 27.7 Å². The number of phenolic OH excluding ortho intramolecular Hbond substituents is 1. The minimum absolute atomic E-state index is 0.0286. The monoisotopic (exact) mass is 381 g/mol. The molecule has 0 unspecified atom stereocenters. The Hall–Kier alpha value is -3.11. The highest BCUT2D eigenvalue weighted by Gasteiger charge is 2.29. The molecule has 0 saturated carbocycles. The maximum atomic E-state index is 12.3. The lowest BCUT2D eigenvalue weighted by Crippen LogP contribution is -2.27. The normalized spacial score (nSPS) is 14.2. The van der Waals surface area contributed by atoms with Crippen LogP contribution in [0.4, 0.5) is 5.69 Å². The predicted octanol–water partition coefficient (Wildman–Crippen LogP) is 1.13. The number of phenols is 1. The van der Waals surface area contributed by atoms with Crippen LogP contribution in [0.5, 0.6) is 5.75 Å². The van der Waals surface area contributed by atoms with Crippen LogP contribution in [0.25, 0.3) is 0 Å². The van der Waals surface area contributed by atoms with Gasteiger partial charge in [0.05, 0.1) is 30.4 Å². The number of methoxy groups -OCH3 is 2. The Kier molecular flexibility index (Phi) is 5.48. The van der Waals surface area contributed by atoms with Crippen LogP contribution in [0.1, 0.15) is 0 Å². The van der Waals surface area contributed by atoms with Gasteiger partial charge in [0.1, 0.15) is 11.4 Å². The molecule has 1 aromatic rings. The second-order valence-corrected chi connectivity index (χ2v) is 6.36. The van der Waals surface area contributed by atoms with E-state index in [1.54, 1.807) is 0 Å². The number of esters is 2. The molecule has 0 aliphatic carbocycles. The molecule has 2 N–H and O–H groups in total. The van der Waals surface area contributed by atoms with Gasteiger partial charge in [-0.1, -0.05) is 6.08 Å². The van der Waals surface area contributed by atoms with Gasteiger partial charge in [-0.2, -0.15) is 8.42 Å². The molecule has 0 fully saturated rings. The van der Waals surface area contributed by atoms with E-state index in [2.05, 4.69) is 4.74 Å². The van der Waals surface area contributed by atoms with Crippen molar-refractivity contribution in [2.24, 2.45) is 0 Å². The SMILES string of the molecule is COC(=O)C1=C(C(=O)OC)N(c2ccc(S(=O)(=O)O)cc2O)C=CC=C1. The molecule has 9 nitrogen and oxygen atoms in total. The van der Waals surface area contributed by atoms with Crippen LogP contribution < -0.4 is 4.90 Å². The molecule has 1 aliphatic rings. The second-order valence-electron chi connectivity index (χ2n) is 4.94. The van der Waals surface area contributed by atoms with E-state index in [0.29, 0.717) is 0 Å². The Morgan fingerprint density at radius 3 is 2.27 bits per heavy atom. The summed E-state index contributed by atoms with van der Waals surface area (Å²) in [4.78, 5) is 24.9. The lowest BCUT2D eigenvalue weighted by Gasteiger charge is -2.23. The van der Waals surface area contributed by atoms with Crippen molar-refractivity contribution < 1.29 is 37.1 Å². The van der Waals surface area contributed by atoms with E-state index in [9.17, 15) is 23.1 Å². The van der Waals surface area contributed by atoms with Crippen molar-refractivity contribution in [1.82, 2.24) is 0 Å². The summed E-state index contributed by atoms with van der Waals surface area (Å²) in [6.45, 7) is 0. The van der Waals surface area contributed by atoms with E-state index >= 15 is 0 Å². The average molecular weight is 381 g/mol. The van der Waals surface area contributed by atoms with Crippen molar-refractivity contribution in [2.45, 2.75) is 4.90 Å². The molecule has 0 aromatic heterocycles. The van der Waals surface area contributed by atoms with Crippen molar-refractivity contribution in [2.75, 3.05) is 19.1 Å². The fourth-order valence-electron chi connectivity index (χ4n) is 2.22. The van der Waals surface area contributed by atoms with Gasteiger partial charge in [0, 0.05) is 12.3 Å². The summed E-state index contributed by atoms with van der Waals surface area (Å²) >= 11 is 0. The number of aromatic hydroxyl groups is 1. The van der Waals surface area contributed by atoms with Crippen LogP contribution in [0.15, 0.2) is 58.8 Å². The van der Waals surface area contributed by atoms with Gasteiger partial charge in [0.25, 0.3) is 10.1 Å². The number of benzene rings is 1. The third-order valence-electron chi connectivity index (χ3n) is 3.39. The third-order valence-corrected chi connectivity index (χ3v) is 4.24. The number of carbonyl (C=O) groups is 2. The quantitative estimate of drug-likeness (QED) is 0.582. The molecular weight excluding hydrogens is 366 g/mol. The molecule has 10 heteroatoms. The Bertz CT molecular complexity index is 943. The van der Waals surface area contributed by atoms with Crippen LogP contribution in [-0.2, 0) is 29.2 Å². The molecule has 2 rings (SSSR count). The van der Waals surface area contributed by atoms with Gasteiger partial charge in [0.2, 0.25) is 0 Å². The maximum absolute atomic E-state index is 12.3. The molecule has 0 amide bonds. The largest absolute Gasteiger partial charge is 0.506 e. The lowest BCUT2D eigenvalue weighted by atomic mass is 10.1. The molecule has 1 aromatic carbocycles. The summed E-state index contributed by atoms with van der Waals surface area (Å²) < 4.78 is 40.8. The summed E-state index contributed by atoms with van der Waals surface area (Å²) in [5.41, 5.74) is -0.416. The number of rotatable bonds is 4. The Morgan fingerprint density at radius 1 is 1.08 bits per heavy atom. The van der Waals surface area contributed by atoms with E-state index in [-0.39, 0.29) is 17.0 Å². The second kappa shape index (κ2) is 7.42. The van der Waals surface area contributed by atoms with E-state index < -0.39 is 32.7 Å². The zero-order valence-electron chi connectivity index (χ0n) is 13.7. The van der Waals surface area contributed by atoms with Crippen LogP contribution in [0, 0.1) is 0 Å².